The average Bonchev–Trinajstić information content (AvgIpc) is 2.57. The van der Waals surface area contributed by atoms with Crippen LogP contribution in [0.25, 0.3) is 0 Å². The second-order valence-corrected chi connectivity index (χ2v) is 6.51. The number of hydrogen-bond donors (Lipinski definition) is 2. The van der Waals surface area contributed by atoms with Crippen molar-refractivity contribution in [2.45, 2.75) is 39.0 Å². The Hall–Kier alpha value is -3.02. The fraction of sp³-hybridized carbons (Fsp3) is 0.300. The Morgan fingerprint density at radius 1 is 1.04 bits per heavy atom. The summed E-state index contributed by atoms with van der Waals surface area (Å²) < 4.78 is 11.5. The third-order valence-corrected chi connectivity index (χ3v) is 4.21. The van der Waals surface area contributed by atoms with Gasteiger partial charge in [0, 0.05) is 0 Å². The third kappa shape index (κ3) is 3.64. The number of carbonyl (C=O) groups excluding carboxylic acids is 1. The molecule has 0 aliphatic carbocycles. The minimum absolute atomic E-state index is 0.462. The van der Waals surface area contributed by atoms with Crippen molar-refractivity contribution < 1.29 is 24.2 Å². The van der Waals surface area contributed by atoms with Gasteiger partial charge in [0.2, 0.25) is 6.10 Å². The number of aliphatic carboxylic acids is 1. The van der Waals surface area contributed by atoms with Gasteiger partial charge in [-0.15, -0.1) is 0 Å². The molecule has 1 heterocycles. The van der Waals surface area contributed by atoms with Crippen LogP contribution in [0.15, 0.2) is 42.5 Å². The van der Waals surface area contributed by atoms with Gasteiger partial charge in [0.1, 0.15) is 6.10 Å². The number of carbonyl (C=O) groups is 2. The molecule has 6 heteroatoms. The zero-order chi connectivity index (χ0) is 18.8. The van der Waals surface area contributed by atoms with E-state index in [4.69, 9.17) is 9.47 Å². The summed E-state index contributed by atoms with van der Waals surface area (Å²) >= 11 is 0. The van der Waals surface area contributed by atoms with E-state index in [-0.39, 0.29) is 0 Å². The molecule has 3 rings (SSSR count). The number of fused-ring (bicyclic) bond motifs is 1. The fourth-order valence-corrected chi connectivity index (χ4v) is 3.09. The number of rotatable bonds is 4. The largest absolute Gasteiger partial charge is 0.482 e. The molecule has 2 aromatic rings. The van der Waals surface area contributed by atoms with E-state index in [2.05, 4.69) is 5.32 Å². The summed E-state index contributed by atoms with van der Waals surface area (Å²) in [6.45, 7) is 5.48. The predicted octanol–water partition coefficient (Wildman–Crippen LogP) is 2.77. The van der Waals surface area contributed by atoms with Crippen molar-refractivity contribution in [3.8, 4) is 11.5 Å². The van der Waals surface area contributed by atoms with Gasteiger partial charge in [0.05, 0.1) is 0 Å². The van der Waals surface area contributed by atoms with Gasteiger partial charge >= 0.3 is 5.97 Å². The highest BCUT2D eigenvalue weighted by Crippen LogP contribution is 2.33. The zero-order valence-electron chi connectivity index (χ0n) is 14.9. The van der Waals surface area contributed by atoms with Crippen LogP contribution in [0.5, 0.6) is 11.5 Å². The van der Waals surface area contributed by atoms with Crippen LogP contribution in [0, 0.1) is 13.8 Å². The van der Waals surface area contributed by atoms with E-state index in [1.54, 1.807) is 37.3 Å². The molecule has 2 N–H and O–H groups in total. The lowest BCUT2D eigenvalue weighted by molar-refractivity contribution is -0.144. The molecule has 136 valence electrons. The van der Waals surface area contributed by atoms with E-state index in [0.717, 1.165) is 11.1 Å². The highest BCUT2D eigenvalue weighted by molar-refractivity contribution is 5.88. The molecule has 26 heavy (non-hydrogen) atoms. The number of carboxylic acids is 1. The van der Waals surface area contributed by atoms with Crippen molar-refractivity contribution in [2.24, 2.45) is 0 Å². The normalized spacial score (nSPS) is 19.5. The van der Waals surface area contributed by atoms with Crippen LogP contribution in [-0.2, 0) is 9.59 Å². The first kappa shape index (κ1) is 17.8. The highest BCUT2D eigenvalue weighted by atomic mass is 16.6. The minimum atomic E-state index is -1.16. The summed E-state index contributed by atoms with van der Waals surface area (Å²) in [6.07, 6.45) is -1.48. The van der Waals surface area contributed by atoms with Gasteiger partial charge in [-0.1, -0.05) is 41.5 Å². The van der Waals surface area contributed by atoms with Crippen LogP contribution in [0.3, 0.4) is 0 Å². The first-order valence-electron chi connectivity index (χ1n) is 8.39. The molecule has 3 unspecified atom stereocenters. The SMILES string of the molecule is Cc1cc(C)cc(C(NC(=O)C2Oc3ccccc3OC2C)C(=O)O)c1. The smallest absolute Gasteiger partial charge is 0.330 e. The van der Waals surface area contributed by atoms with Crippen LogP contribution >= 0.6 is 0 Å². The van der Waals surface area contributed by atoms with Crippen molar-refractivity contribution >= 4 is 11.9 Å². The first-order chi connectivity index (χ1) is 12.3. The van der Waals surface area contributed by atoms with Crippen LogP contribution in [-0.4, -0.2) is 29.2 Å². The van der Waals surface area contributed by atoms with Crippen molar-refractivity contribution in [2.75, 3.05) is 0 Å². The molecule has 1 aliphatic heterocycles. The molecular weight excluding hydrogens is 334 g/mol. The molecule has 0 radical (unpaired) electrons. The standard InChI is InChI=1S/C20H21NO5/c1-11-8-12(2)10-14(9-11)17(20(23)24)21-19(22)18-13(3)25-15-6-4-5-7-16(15)26-18/h4-10,13,17-18H,1-3H3,(H,21,22)(H,23,24). The number of nitrogens with one attached hydrogen (secondary N) is 1. The summed E-state index contributed by atoms with van der Waals surface area (Å²) in [7, 11) is 0. The molecular formula is C20H21NO5. The van der Waals surface area contributed by atoms with E-state index in [9.17, 15) is 14.7 Å². The number of benzene rings is 2. The van der Waals surface area contributed by atoms with E-state index in [1.165, 1.54) is 0 Å². The van der Waals surface area contributed by atoms with Gasteiger partial charge in [-0.3, -0.25) is 4.79 Å². The molecule has 2 aromatic carbocycles. The Balaban J connectivity index is 1.81. The molecule has 6 nitrogen and oxygen atoms in total. The van der Waals surface area contributed by atoms with Crippen LogP contribution in [0.2, 0.25) is 0 Å². The Labute approximate surface area is 151 Å². The quantitative estimate of drug-likeness (QED) is 0.881. The van der Waals surface area contributed by atoms with Gasteiger partial charge in [-0.25, -0.2) is 4.79 Å². The lowest BCUT2D eigenvalue weighted by atomic mass is 10.0. The van der Waals surface area contributed by atoms with Gasteiger partial charge in [-0.2, -0.15) is 0 Å². The topological polar surface area (TPSA) is 84.9 Å². The van der Waals surface area contributed by atoms with Gasteiger partial charge in [-0.05, 0) is 38.5 Å². The zero-order valence-corrected chi connectivity index (χ0v) is 14.9. The molecule has 3 atom stereocenters. The number of hydrogen-bond acceptors (Lipinski definition) is 4. The molecule has 1 amide bonds. The van der Waals surface area contributed by atoms with Crippen LogP contribution in [0.1, 0.15) is 29.7 Å². The number of carboxylic acid groups (broad SMARTS) is 1. The first-order valence-corrected chi connectivity index (χ1v) is 8.39. The van der Waals surface area contributed by atoms with Gasteiger partial charge in [0.25, 0.3) is 5.91 Å². The second kappa shape index (κ2) is 7.07. The van der Waals surface area contributed by atoms with Gasteiger partial charge < -0.3 is 19.9 Å². The number of aryl methyl sites for hydroxylation is 2. The Morgan fingerprint density at radius 3 is 2.19 bits per heavy atom. The Kier molecular flexibility index (Phi) is 4.84. The van der Waals surface area contributed by atoms with Crippen molar-refractivity contribution in [1.29, 1.82) is 0 Å². The molecule has 0 fully saturated rings. The number of amides is 1. The number of ether oxygens (including phenoxy) is 2. The summed E-state index contributed by atoms with van der Waals surface area (Å²) in [4.78, 5) is 24.4. The molecule has 0 aromatic heterocycles. The Bertz CT molecular complexity index is 828. The maximum atomic E-state index is 12.7. The van der Waals surface area contributed by atoms with Crippen molar-refractivity contribution in [3.05, 3.63) is 59.2 Å². The van der Waals surface area contributed by atoms with Crippen LogP contribution in [0.4, 0.5) is 0 Å². The summed E-state index contributed by atoms with van der Waals surface area (Å²) in [5.41, 5.74) is 2.38. The van der Waals surface area contributed by atoms with E-state index in [0.29, 0.717) is 17.1 Å². The molecule has 1 aliphatic rings. The third-order valence-electron chi connectivity index (χ3n) is 4.21. The molecule has 0 saturated heterocycles. The maximum Gasteiger partial charge on any atom is 0.330 e. The van der Waals surface area contributed by atoms with Crippen molar-refractivity contribution in [3.63, 3.8) is 0 Å². The molecule has 0 saturated carbocycles. The van der Waals surface area contributed by atoms with Crippen molar-refractivity contribution in [1.82, 2.24) is 5.32 Å². The van der Waals surface area contributed by atoms with Crippen LogP contribution < -0.4 is 14.8 Å². The summed E-state index contributed by atoms with van der Waals surface area (Å²) in [6, 6.07) is 11.4. The van der Waals surface area contributed by atoms with Gasteiger partial charge in [0.15, 0.2) is 17.5 Å². The predicted molar refractivity (Wildman–Crippen MR) is 95.4 cm³/mol. The number of para-hydroxylation sites is 2. The van der Waals surface area contributed by atoms with E-state index >= 15 is 0 Å². The minimum Gasteiger partial charge on any atom is -0.482 e. The lowest BCUT2D eigenvalue weighted by Gasteiger charge is -2.31. The average molecular weight is 355 g/mol. The summed E-state index contributed by atoms with van der Waals surface area (Å²) in [5, 5.41) is 12.2. The Morgan fingerprint density at radius 2 is 1.62 bits per heavy atom. The monoisotopic (exact) mass is 355 g/mol. The molecule has 0 bridgehead atoms. The highest BCUT2D eigenvalue weighted by Gasteiger charge is 2.36. The second-order valence-electron chi connectivity index (χ2n) is 6.51. The summed E-state index contributed by atoms with van der Waals surface area (Å²) in [5.74, 6) is -0.635. The fourth-order valence-electron chi connectivity index (χ4n) is 3.09. The van der Waals surface area contributed by atoms with E-state index in [1.807, 2.05) is 26.0 Å². The lowest BCUT2D eigenvalue weighted by Crippen LogP contribution is -2.50. The molecule has 0 spiro atoms. The van der Waals surface area contributed by atoms with E-state index < -0.39 is 30.1 Å². The maximum absolute atomic E-state index is 12.7.